The molecule has 0 saturated carbocycles. The fraction of sp³-hybridized carbons (Fsp3) is 0.122. The molecule has 0 heterocycles. The summed E-state index contributed by atoms with van der Waals surface area (Å²) in [5.41, 5.74) is 2.49. The molecule has 0 aliphatic carbocycles. The number of thiol groups is 1. The molecule has 0 aromatic heterocycles. The zero-order chi connectivity index (χ0) is 41.4. The number of halogens is 7. The third-order valence-corrected chi connectivity index (χ3v) is 8.85. The van der Waals surface area contributed by atoms with Crippen LogP contribution >= 0.6 is 44.7 Å². The van der Waals surface area contributed by atoms with E-state index < -0.39 is 30.4 Å². The second-order valence-electron chi connectivity index (χ2n) is 10.8. The summed E-state index contributed by atoms with van der Waals surface area (Å²) in [5, 5.41) is 0. The number of nitrogens with zero attached hydrogens (tertiary/aromatic N) is 1. The molecule has 5 nitrogen and oxygen atoms in total. The standard InChI is InChI=1S/C20H14Br2F2O2.C20H16F2O2.CH3F.BHNS/c1-25-17-7-3-11(21)9-15(17)13-5-6-14(20(24)19(13)23)16-10-12(22)4-8-18(16)26-2;1-23-17-9-5-3-7-13(17)15-11-12-16(20(22)19(15)21)14-8-4-6-10-18(14)24-2;1-2;1-2-3/h3-10H,1-2H3;3-12H,1-2H3;1H3;3H/i;;1D;. The summed E-state index contributed by atoms with van der Waals surface area (Å²) < 4.78 is 100.0. The summed E-state index contributed by atoms with van der Waals surface area (Å²) in [6.45, 7) is 0. The first-order valence-electron chi connectivity index (χ1n) is 16.5. The Morgan fingerprint density at radius 2 is 0.745 bits per heavy atom. The molecule has 0 aliphatic rings. The Labute approximate surface area is 341 Å². The molecule has 55 heavy (non-hydrogen) atoms. The van der Waals surface area contributed by atoms with E-state index in [1.807, 2.05) is 0 Å². The van der Waals surface area contributed by atoms with Crippen LogP contribution in [0, 0.1) is 23.3 Å². The summed E-state index contributed by atoms with van der Waals surface area (Å²) in [7, 11) is 9.30. The normalized spacial score (nSPS) is 10.2. The summed E-state index contributed by atoms with van der Waals surface area (Å²) in [6.07, 6.45) is 0. The van der Waals surface area contributed by atoms with Crippen molar-refractivity contribution < 1.29 is 42.3 Å². The molecular formula is C41H34BBr2F5NO4S. The number of rotatable bonds is 8. The Balaban J connectivity index is 0.000000264. The summed E-state index contributed by atoms with van der Waals surface area (Å²) >= 11 is 9.89. The second kappa shape index (κ2) is 22.0. The van der Waals surface area contributed by atoms with Crippen LogP contribution in [0.15, 0.2) is 122 Å². The molecule has 0 fully saturated rings. The number of para-hydroxylation sites is 2. The molecule has 14 heteroatoms. The van der Waals surface area contributed by atoms with Crippen molar-refractivity contribution in [2.75, 3.05) is 35.6 Å². The maximum atomic E-state index is 14.9. The SMILES string of the molecule is COc1ccc(Br)cc1-c1ccc(-c2cc(Br)ccc2OC)c(F)c1F.COc1ccccc1-c1ccc(-c2ccccc2OC)c(F)c1F.[2H]CF.[B]=NS. The third-order valence-electron chi connectivity index (χ3n) is 7.86. The number of hydrogen-bond acceptors (Lipinski definition) is 6. The molecule has 0 unspecified atom stereocenters. The van der Waals surface area contributed by atoms with Gasteiger partial charge in [-0.25, -0.2) is 17.6 Å². The van der Waals surface area contributed by atoms with Crippen molar-refractivity contribution in [3.8, 4) is 67.5 Å². The van der Waals surface area contributed by atoms with Crippen LogP contribution in [0.4, 0.5) is 22.0 Å². The Morgan fingerprint density at radius 1 is 0.491 bits per heavy atom. The van der Waals surface area contributed by atoms with Gasteiger partial charge >= 0.3 is 24.8 Å². The number of ether oxygens (including phenoxy) is 4. The van der Waals surface area contributed by atoms with Crippen molar-refractivity contribution in [3.63, 3.8) is 0 Å². The Kier molecular flexibility index (Phi) is 17.3. The Hall–Kier alpha value is -4.66. The van der Waals surface area contributed by atoms with E-state index in [0.717, 1.165) is 8.95 Å². The summed E-state index contributed by atoms with van der Waals surface area (Å²) in [5.74, 6) is -1.83. The molecule has 285 valence electrons. The van der Waals surface area contributed by atoms with E-state index in [1.165, 1.54) is 28.4 Å². The first-order chi connectivity index (χ1) is 27.0. The molecule has 6 aromatic carbocycles. The van der Waals surface area contributed by atoms with Crippen molar-refractivity contribution in [1.82, 2.24) is 0 Å². The van der Waals surface area contributed by atoms with E-state index in [1.54, 1.807) is 109 Å². The quantitative estimate of drug-likeness (QED) is 0.0939. The van der Waals surface area contributed by atoms with Gasteiger partial charge in [-0.1, -0.05) is 92.5 Å². The fourth-order valence-corrected chi connectivity index (χ4v) is 6.17. The molecule has 1 radical (unpaired) electrons. The van der Waals surface area contributed by atoms with Crippen LogP contribution in [0.25, 0.3) is 44.5 Å². The zero-order valence-corrected chi connectivity index (χ0v) is 33.9. The molecule has 0 amide bonds. The van der Waals surface area contributed by atoms with Gasteiger partial charge in [0.2, 0.25) is 0 Å². The average Bonchev–Trinajstić information content (AvgIpc) is 3.21. The molecule has 6 rings (SSSR count). The van der Waals surface area contributed by atoms with Gasteiger partial charge in [-0.15, -0.1) is 0 Å². The topological polar surface area (TPSA) is 49.3 Å². The predicted octanol–water partition coefficient (Wildman–Crippen LogP) is 12.9. The van der Waals surface area contributed by atoms with Gasteiger partial charge in [-0.3, -0.25) is 4.39 Å². The van der Waals surface area contributed by atoms with Gasteiger partial charge in [0.25, 0.3) is 0 Å². The molecule has 6 aromatic rings. The van der Waals surface area contributed by atoms with Crippen molar-refractivity contribution in [2.45, 2.75) is 0 Å². The predicted molar refractivity (Wildman–Crippen MR) is 220 cm³/mol. The van der Waals surface area contributed by atoms with E-state index in [-0.39, 0.29) is 22.3 Å². The molecule has 0 N–H and O–H groups in total. The summed E-state index contributed by atoms with van der Waals surface area (Å²) in [4.78, 5) is 0. The van der Waals surface area contributed by atoms with E-state index in [4.69, 9.17) is 20.3 Å². The van der Waals surface area contributed by atoms with Gasteiger partial charge < -0.3 is 18.9 Å². The van der Waals surface area contributed by atoms with Crippen LogP contribution in [0.5, 0.6) is 23.0 Å². The van der Waals surface area contributed by atoms with Gasteiger partial charge in [-0.2, -0.15) is 0 Å². The van der Waals surface area contributed by atoms with Crippen molar-refractivity contribution in [2.24, 2.45) is 4.30 Å². The minimum atomic E-state index is -1.00. The summed E-state index contributed by atoms with van der Waals surface area (Å²) in [6, 6.07) is 30.4. The Bertz CT molecular complexity index is 2110. The molecule has 0 spiro atoms. The monoisotopic (exact) mass is 901 g/mol. The van der Waals surface area contributed by atoms with E-state index >= 15 is 0 Å². The molecule has 0 bridgehead atoms. The molecular weight excluding hydrogens is 868 g/mol. The first kappa shape index (κ1) is 43.1. The van der Waals surface area contributed by atoms with Gasteiger partial charge in [0.15, 0.2) is 23.3 Å². The fourth-order valence-electron chi connectivity index (χ4n) is 5.45. The number of benzene rings is 6. The molecule has 0 atom stereocenters. The van der Waals surface area contributed by atoms with Gasteiger partial charge in [-0.05, 0) is 48.5 Å². The van der Waals surface area contributed by atoms with Crippen molar-refractivity contribution in [1.29, 1.82) is 0 Å². The van der Waals surface area contributed by atoms with Gasteiger partial charge in [0, 0.05) is 53.5 Å². The van der Waals surface area contributed by atoms with Crippen molar-refractivity contribution in [3.05, 3.63) is 141 Å². The van der Waals surface area contributed by atoms with Crippen LogP contribution in [-0.4, -0.2) is 43.2 Å². The van der Waals surface area contributed by atoms with E-state index in [2.05, 4.69) is 56.6 Å². The van der Waals surface area contributed by atoms with E-state index in [9.17, 15) is 22.0 Å². The molecule has 0 saturated heterocycles. The Morgan fingerprint density at radius 3 is 1.04 bits per heavy atom. The second-order valence-corrected chi connectivity index (χ2v) is 12.8. The van der Waals surface area contributed by atoms with Crippen LogP contribution in [0.3, 0.4) is 0 Å². The van der Waals surface area contributed by atoms with Gasteiger partial charge in [0.05, 0.1) is 37.0 Å². The first-order valence-corrected chi connectivity index (χ1v) is 17.7. The minimum absolute atomic E-state index is 0.123. The van der Waals surface area contributed by atoms with Crippen LogP contribution in [0.2, 0.25) is 0 Å². The zero-order valence-electron chi connectivity index (χ0n) is 30.8. The average molecular weight is 903 g/mol. The number of methoxy groups -OCH3 is 4. The van der Waals surface area contributed by atoms with Crippen molar-refractivity contribution >= 4 is 52.3 Å². The third kappa shape index (κ3) is 10.8. The molecule has 0 aliphatic heterocycles. The number of hydrogen-bond donors (Lipinski definition) is 1. The van der Waals surface area contributed by atoms with Gasteiger partial charge in [0.1, 0.15) is 23.0 Å². The van der Waals surface area contributed by atoms with E-state index in [0.29, 0.717) is 45.3 Å². The van der Waals surface area contributed by atoms with Crippen LogP contribution in [0.1, 0.15) is 1.37 Å². The maximum absolute atomic E-state index is 14.9. The van der Waals surface area contributed by atoms with Crippen LogP contribution < -0.4 is 18.9 Å². The van der Waals surface area contributed by atoms with Crippen LogP contribution in [-0.2, 0) is 0 Å². The number of alkyl halides is 1.